The molecule has 0 bridgehead atoms. The summed E-state index contributed by atoms with van der Waals surface area (Å²) in [5.41, 5.74) is 0. The zero-order chi connectivity index (χ0) is 34.5. The van der Waals surface area contributed by atoms with Crippen LogP contribution in [0.1, 0.15) is 187 Å². The molecule has 0 fully saturated rings. The van der Waals surface area contributed by atoms with Gasteiger partial charge in [0.2, 0.25) is 0 Å². The number of unbranched alkanes of at least 4 members (excludes halogenated alkanes) is 18. The molecule has 0 aromatic rings. The van der Waals surface area contributed by atoms with E-state index >= 15 is 0 Å². The monoisotopic (exact) mass is 678 g/mol. The average molecular weight is 678 g/mol. The van der Waals surface area contributed by atoms with Crippen molar-refractivity contribution in [1.29, 1.82) is 0 Å². The highest BCUT2D eigenvalue weighted by atomic mass is 32.2. The van der Waals surface area contributed by atoms with Crippen LogP contribution in [0.25, 0.3) is 0 Å². The van der Waals surface area contributed by atoms with Gasteiger partial charge in [-0.25, -0.2) is 0 Å². The maximum atomic E-state index is 12.7. The Hall–Kier alpha value is -1.17. The first-order valence-corrected chi connectivity index (χ1v) is 21.6. The van der Waals surface area contributed by atoms with Gasteiger partial charge in [0.05, 0.1) is 11.9 Å². The Kier molecular flexibility index (Phi) is 35.2. The lowest BCUT2D eigenvalue weighted by molar-refractivity contribution is 0.179. The lowest BCUT2D eigenvalue weighted by Crippen LogP contribution is -2.23. The molecule has 0 unspecified atom stereocenters. The van der Waals surface area contributed by atoms with Crippen LogP contribution in [0.2, 0.25) is 0 Å². The molecule has 0 aromatic heterocycles. The van der Waals surface area contributed by atoms with Crippen LogP contribution in [-0.4, -0.2) is 45.8 Å². The van der Waals surface area contributed by atoms with Gasteiger partial charge in [-0.3, -0.25) is 4.18 Å². The van der Waals surface area contributed by atoms with E-state index < -0.39 is 10.1 Å². The summed E-state index contributed by atoms with van der Waals surface area (Å²) in [5.74, 6) is 0.120. The summed E-state index contributed by atoms with van der Waals surface area (Å²) in [7, 11) is 0.491. The zero-order valence-electron chi connectivity index (χ0n) is 31.8. The molecule has 4 nitrogen and oxygen atoms in total. The van der Waals surface area contributed by atoms with Crippen LogP contribution < -0.4 is 0 Å². The van der Waals surface area contributed by atoms with Gasteiger partial charge in [0, 0.05) is 0 Å². The summed E-state index contributed by atoms with van der Waals surface area (Å²) in [6.45, 7) is 5.27. The maximum Gasteiger partial charge on any atom is 0.267 e. The van der Waals surface area contributed by atoms with Crippen LogP contribution in [0.4, 0.5) is 0 Å². The smallest absolute Gasteiger partial charge is 0.267 e. The summed E-state index contributed by atoms with van der Waals surface area (Å²) in [5, 5.41) is 0. The van der Waals surface area contributed by atoms with Crippen LogP contribution in [-0.2, 0) is 14.3 Å². The van der Waals surface area contributed by atoms with E-state index in [0.717, 1.165) is 45.1 Å². The highest BCUT2D eigenvalue weighted by Gasteiger charge is 2.19. The maximum absolute atomic E-state index is 12.7. The fraction of sp³-hybridized carbons (Fsp3) is 0.810. The van der Waals surface area contributed by atoms with Gasteiger partial charge < -0.3 is 4.90 Å². The third-order valence-corrected chi connectivity index (χ3v) is 10.1. The van der Waals surface area contributed by atoms with Crippen LogP contribution in [0.3, 0.4) is 0 Å². The van der Waals surface area contributed by atoms with E-state index in [9.17, 15) is 8.42 Å². The minimum atomic E-state index is -3.47. The molecule has 0 heterocycles. The predicted molar refractivity (Wildman–Crippen MR) is 210 cm³/mol. The first-order chi connectivity index (χ1) is 22.9. The van der Waals surface area contributed by atoms with Crippen LogP contribution in [0.15, 0.2) is 48.6 Å². The molecule has 0 rings (SSSR count). The van der Waals surface area contributed by atoms with E-state index in [1.807, 2.05) is 19.0 Å². The fourth-order valence-corrected chi connectivity index (χ4v) is 6.96. The molecule has 276 valence electrons. The largest absolute Gasteiger partial charge is 0.309 e. The molecule has 0 saturated carbocycles. The molecule has 0 radical (unpaired) electrons. The first kappa shape index (κ1) is 45.8. The number of allylic oxidation sites excluding steroid dienone is 8. The van der Waals surface area contributed by atoms with Crippen molar-refractivity contribution in [3.8, 4) is 0 Å². The highest BCUT2D eigenvalue weighted by Crippen LogP contribution is 2.19. The summed E-state index contributed by atoms with van der Waals surface area (Å²) in [6, 6.07) is 0. The van der Waals surface area contributed by atoms with Crippen molar-refractivity contribution in [2.45, 2.75) is 193 Å². The molecule has 0 N–H and O–H groups in total. The Bertz CT molecular complexity index is 811. The number of rotatable bonds is 36. The summed E-state index contributed by atoms with van der Waals surface area (Å²) < 4.78 is 31.2. The van der Waals surface area contributed by atoms with Crippen molar-refractivity contribution in [1.82, 2.24) is 4.90 Å². The van der Waals surface area contributed by atoms with E-state index in [4.69, 9.17) is 4.18 Å². The van der Waals surface area contributed by atoms with E-state index in [2.05, 4.69) is 62.5 Å². The Labute approximate surface area is 295 Å². The lowest BCUT2D eigenvalue weighted by Gasteiger charge is -2.18. The van der Waals surface area contributed by atoms with Crippen LogP contribution >= 0.6 is 0 Å². The first-order valence-electron chi connectivity index (χ1n) is 20.1. The molecule has 0 aliphatic rings. The molecular weight excluding hydrogens is 599 g/mol. The van der Waals surface area contributed by atoms with Crippen molar-refractivity contribution in [3.05, 3.63) is 48.6 Å². The molecule has 0 saturated heterocycles. The molecular formula is C42H79NO3S. The standard InChI is InChI=1S/C42H79NO3S/c1-5-7-9-11-13-15-17-19-21-23-25-27-29-31-33-35-38-42(46-47(44,45)41-37-40-43(3)4)39-36-34-32-30-28-26-24-22-20-18-16-14-12-10-8-6-2/h13-16,19-22,42H,5-12,17-18,23-41H2,1-4H3/b15-13-,16-14-,21-19-,22-20-. The van der Waals surface area contributed by atoms with Gasteiger partial charge in [-0.1, -0.05) is 152 Å². The zero-order valence-corrected chi connectivity index (χ0v) is 32.6. The fourth-order valence-electron chi connectivity index (χ4n) is 5.77. The Morgan fingerprint density at radius 2 is 0.851 bits per heavy atom. The second kappa shape index (κ2) is 36.1. The van der Waals surface area contributed by atoms with Crippen molar-refractivity contribution in [3.63, 3.8) is 0 Å². The molecule has 47 heavy (non-hydrogen) atoms. The topological polar surface area (TPSA) is 46.6 Å². The molecule has 0 atom stereocenters. The van der Waals surface area contributed by atoms with Gasteiger partial charge in [0.1, 0.15) is 0 Å². The van der Waals surface area contributed by atoms with Crippen molar-refractivity contribution < 1.29 is 12.6 Å². The van der Waals surface area contributed by atoms with Gasteiger partial charge in [-0.2, -0.15) is 8.42 Å². The summed E-state index contributed by atoms with van der Waals surface area (Å²) in [6.07, 6.45) is 50.1. The summed E-state index contributed by atoms with van der Waals surface area (Å²) in [4.78, 5) is 2.03. The third kappa shape index (κ3) is 37.5. The molecule has 0 spiro atoms. The Morgan fingerprint density at radius 3 is 1.23 bits per heavy atom. The van der Waals surface area contributed by atoms with E-state index in [1.165, 1.54) is 128 Å². The van der Waals surface area contributed by atoms with Gasteiger partial charge in [-0.15, -0.1) is 0 Å². The minimum absolute atomic E-state index is 0.120. The van der Waals surface area contributed by atoms with Crippen LogP contribution in [0.5, 0.6) is 0 Å². The third-order valence-electron chi connectivity index (χ3n) is 8.74. The van der Waals surface area contributed by atoms with Gasteiger partial charge in [0.15, 0.2) is 0 Å². The van der Waals surface area contributed by atoms with Gasteiger partial charge >= 0.3 is 0 Å². The predicted octanol–water partition coefficient (Wildman–Crippen LogP) is 13.1. The highest BCUT2D eigenvalue weighted by molar-refractivity contribution is 7.86. The SMILES string of the molecule is CCCCC/C=C\C/C=C\CCCCCCCCC(CCCCCCCC/C=C\C/C=C\CCCCC)OS(=O)(=O)CCCN(C)C. The van der Waals surface area contributed by atoms with E-state index in [1.54, 1.807) is 0 Å². The van der Waals surface area contributed by atoms with E-state index in [-0.39, 0.29) is 11.9 Å². The minimum Gasteiger partial charge on any atom is -0.309 e. The second-order valence-corrected chi connectivity index (χ2v) is 15.6. The number of nitrogens with zero attached hydrogens (tertiary/aromatic N) is 1. The van der Waals surface area contributed by atoms with Crippen molar-refractivity contribution in [2.24, 2.45) is 0 Å². The Balaban J connectivity index is 4.15. The van der Waals surface area contributed by atoms with E-state index in [0.29, 0.717) is 6.42 Å². The molecule has 5 heteroatoms. The normalized spacial score (nSPS) is 12.9. The summed E-state index contributed by atoms with van der Waals surface area (Å²) >= 11 is 0. The van der Waals surface area contributed by atoms with Crippen molar-refractivity contribution >= 4 is 10.1 Å². The van der Waals surface area contributed by atoms with Gasteiger partial charge in [-0.05, 0) is 104 Å². The lowest BCUT2D eigenvalue weighted by atomic mass is 10.0. The van der Waals surface area contributed by atoms with Crippen molar-refractivity contribution in [2.75, 3.05) is 26.4 Å². The molecule has 0 aliphatic heterocycles. The molecule has 0 aliphatic carbocycles. The average Bonchev–Trinajstić information content (AvgIpc) is 3.03. The molecule has 0 amide bonds. The Morgan fingerprint density at radius 1 is 0.489 bits per heavy atom. The number of hydrogen-bond acceptors (Lipinski definition) is 4. The quantitative estimate of drug-likeness (QED) is 0.0376. The number of hydrogen-bond donors (Lipinski definition) is 0. The van der Waals surface area contributed by atoms with Crippen LogP contribution in [0, 0.1) is 0 Å². The van der Waals surface area contributed by atoms with Gasteiger partial charge in [0.25, 0.3) is 10.1 Å². The second-order valence-electron chi connectivity index (χ2n) is 13.9. The molecule has 0 aromatic carbocycles.